The Labute approximate surface area is 158 Å². The van der Waals surface area contributed by atoms with Gasteiger partial charge < -0.3 is 14.6 Å². The first-order valence-electron chi connectivity index (χ1n) is 8.96. The summed E-state index contributed by atoms with van der Waals surface area (Å²) in [4.78, 5) is 37.6. The summed E-state index contributed by atoms with van der Waals surface area (Å²) >= 11 is 0. The van der Waals surface area contributed by atoms with Crippen LogP contribution in [0.2, 0.25) is 0 Å². The van der Waals surface area contributed by atoms with E-state index in [2.05, 4.69) is 11.8 Å². The van der Waals surface area contributed by atoms with Crippen LogP contribution in [0.25, 0.3) is 0 Å². The van der Waals surface area contributed by atoms with Crippen LogP contribution in [0.15, 0.2) is 30.3 Å². The second-order valence-corrected chi connectivity index (χ2v) is 6.62. The molecule has 1 fully saturated rings. The van der Waals surface area contributed by atoms with Crippen molar-refractivity contribution in [3.05, 3.63) is 35.9 Å². The van der Waals surface area contributed by atoms with E-state index in [4.69, 9.17) is 9.47 Å². The molecule has 1 aliphatic carbocycles. The fraction of sp³-hybridized carbons (Fsp3) is 0.476. The maximum atomic E-state index is 12.6. The molecule has 1 aromatic carbocycles. The Morgan fingerprint density at radius 2 is 1.74 bits per heavy atom. The van der Waals surface area contributed by atoms with Gasteiger partial charge in [-0.1, -0.05) is 30.0 Å². The molecule has 1 N–H and O–H groups in total. The minimum absolute atomic E-state index is 0.0991. The summed E-state index contributed by atoms with van der Waals surface area (Å²) in [6.45, 7) is 4.89. The van der Waals surface area contributed by atoms with E-state index in [1.54, 1.807) is 38.1 Å². The molecule has 0 unspecified atom stereocenters. The van der Waals surface area contributed by atoms with Gasteiger partial charge in [0.05, 0.1) is 24.7 Å². The molecule has 0 radical (unpaired) electrons. The topological polar surface area (TPSA) is 89.9 Å². The molecule has 1 aliphatic rings. The summed E-state index contributed by atoms with van der Waals surface area (Å²) in [6, 6.07) is 8.99. The second-order valence-electron chi connectivity index (χ2n) is 6.62. The average molecular weight is 372 g/mol. The first-order chi connectivity index (χ1) is 12.8. The largest absolute Gasteiger partial charge is 0.466 e. The number of benzene rings is 1. The van der Waals surface area contributed by atoms with E-state index in [0.29, 0.717) is 5.56 Å². The summed E-state index contributed by atoms with van der Waals surface area (Å²) in [5.41, 5.74) is -0.997. The van der Waals surface area contributed by atoms with Crippen molar-refractivity contribution in [2.45, 2.75) is 32.8 Å². The maximum absolute atomic E-state index is 12.6. The second kappa shape index (κ2) is 8.83. The number of aliphatic hydroxyl groups is 1. The highest BCUT2D eigenvalue weighted by molar-refractivity contribution is 6.02. The molecule has 0 amide bonds. The van der Waals surface area contributed by atoms with Crippen LogP contribution in [0.3, 0.4) is 0 Å². The molecule has 0 aromatic heterocycles. The van der Waals surface area contributed by atoms with Crippen molar-refractivity contribution in [3.8, 4) is 11.8 Å². The monoisotopic (exact) mass is 372 g/mol. The number of ketones is 1. The Morgan fingerprint density at radius 1 is 1.15 bits per heavy atom. The lowest BCUT2D eigenvalue weighted by atomic mass is 9.64. The summed E-state index contributed by atoms with van der Waals surface area (Å²) in [5, 5.41) is 10.8. The third-order valence-corrected chi connectivity index (χ3v) is 4.51. The van der Waals surface area contributed by atoms with Crippen LogP contribution in [0, 0.1) is 29.6 Å². The lowest BCUT2D eigenvalue weighted by molar-refractivity contribution is -0.174. The van der Waals surface area contributed by atoms with E-state index < -0.39 is 41.1 Å². The highest BCUT2D eigenvalue weighted by Gasteiger charge is 2.56. The van der Waals surface area contributed by atoms with Crippen LogP contribution in [0.5, 0.6) is 0 Å². The van der Waals surface area contributed by atoms with E-state index in [9.17, 15) is 19.5 Å². The molecule has 144 valence electrons. The third kappa shape index (κ3) is 4.75. The van der Waals surface area contributed by atoms with Gasteiger partial charge in [-0.3, -0.25) is 14.4 Å². The van der Waals surface area contributed by atoms with Crippen LogP contribution >= 0.6 is 0 Å². The normalized spacial score (nSPS) is 27.3. The number of hydrogen-bond acceptors (Lipinski definition) is 6. The molecular formula is C21H24O6. The van der Waals surface area contributed by atoms with Crippen molar-refractivity contribution in [3.63, 3.8) is 0 Å². The SMILES string of the molecule is CCOC(=O)[C@@H]1C(=O)C[C@](C)(O)[C@H](C(=O)OCC)[C@@H]1C#Cc1ccccc1. The minimum Gasteiger partial charge on any atom is -0.466 e. The number of ether oxygens (including phenoxy) is 2. The molecule has 0 heterocycles. The van der Waals surface area contributed by atoms with Crippen molar-refractivity contribution < 1.29 is 29.0 Å². The molecule has 2 rings (SSSR count). The summed E-state index contributed by atoms with van der Waals surface area (Å²) in [5.74, 6) is 0.434. The van der Waals surface area contributed by atoms with E-state index in [-0.39, 0.29) is 19.6 Å². The Kier molecular flexibility index (Phi) is 6.75. The smallest absolute Gasteiger partial charge is 0.317 e. The average Bonchev–Trinajstić information content (AvgIpc) is 2.59. The van der Waals surface area contributed by atoms with E-state index >= 15 is 0 Å². The molecular weight excluding hydrogens is 348 g/mol. The van der Waals surface area contributed by atoms with Gasteiger partial charge in [-0.25, -0.2) is 0 Å². The van der Waals surface area contributed by atoms with Crippen molar-refractivity contribution in [2.75, 3.05) is 13.2 Å². The number of hydrogen-bond donors (Lipinski definition) is 1. The van der Waals surface area contributed by atoms with Crippen molar-refractivity contribution in [2.24, 2.45) is 17.8 Å². The molecule has 1 saturated carbocycles. The first kappa shape index (κ1) is 20.7. The van der Waals surface area contributed by atoms with Crippen molar-refractivity contribution in [1.82, 2.24) is 0 Å². The number of carbonyl (C=O) groups is 3. The van der Waals surface area contributed by atoms with Crippen LogP contribution in [0.4, 0.5) is 0 Å². The Hall–Kier alpha value is -2.65. The maximum Gasteiger partial charge on any atom is 0.317 e. The Balaban J connectivity index is 2.52. The Bertz CT molecular complexity index is 756. The van der Waals surface area contributed by atoms with Crippen LogP contribution < -0.4 is 0 Å². The molecule has 1 aromatic rings. The zero-order valence-corrected chi connectivity index (χ0v) is 15.7. The van der Waals surface area contributed by atoms with Gasteiger partial charge in [0.2, 0.25) is 0 Å². The van der Waals surface area contributed by atoms with Crippen LogP contribution in [-0.2, 0) is 23.9 Å². The molecule has 0 saturated heterocycles. The lowest BCUT2D eigenvalue weighted by Crippen LogP contribution is -2.56. The highest BCUT2D eigenvalue weighted by atomic mass is 16.5. The quantitative estimate of drug-likeness (QED) is 0.492. The van der Waals surface area contributed by atoms with Gasteiger partial charge in [-0.05, 0) is 32.9 Å². The van der Waals surface area contributed by atoms with E-state index in [1.165, 1.54) is 6.92 Å². The molecule has 0 spiro atoms. The van der Waals surface area contributed by atoms with E-state index in [0.717, 1.165) is 0 Å². The number of Topliss-reactive ketones (excluding diaryl/α,β-unsaturated/α-hetero) is 1. The van der Waals surface area contributed by atoms with Crippen molar-refractivity contribution in [1.29, 1.82) is 0 Å². The summed E-state index contributed by atoms with van der Waals surface area (Å²) < 4.78 is 10.1. The van der Waals surface area contributed by atoms with Gasteiger partial charge in [-0.2, -0.15) is 0 Å². The van der Waals surface area contributed by atoms with Gasteiger partial charge in [0, 0.05) is 12.0 Å². The molecule has 0 bridgehead atoms. The van der Waals surface area contributed by atoms with Gasteiger partial charge >= 0.3 is 11.9 Å². The fourth-order valence-electron chi connectivity index (χ4n) is 3.35. The van der Waals surface area contributed by atoms with Gasteiger partial charge in [0.25, 0.3) is 0 Å². The molecule has 4 atom stereocenters. The van der Waals surface area contributed by atoms with Crippen molar-refractivity contribution >= 4 is 17.7 Å². The van der Waals surface area contributed by atoms with Gasteiger partial charge in [0.1, 0.15) is 11.8 Å². The standard InChI is InChI=1S/C21H24O6/c1-4-26-19(23)17-15(12-11-14-9-7-6-8-10-14)18(20(24)27-5-2)21(3,25)13-16(17)22/h6-10,15,17-18,25H,4-5,13H2,1-3H3/t15-,17+,18+,21+/m1/s1. The predicted molar refractivity (Wildman–Crippen MR) is 97.3 cm³/mol. The highest BCUT2D eigenvalue weighted by Crippen LogP contribution is 2.41. The predicted octanol–water partition coefficient (Wildman–Crippen LogP) is 1.74. The third-order valence-electron chi connectivity index (χ3n) is 4.51. The molecule has 0 aliphatic heterocycles. The lowest BCUT2D eigenvalue weighted by Gasteiger charge is -2.41. The van der Waals surface area contributed by atoms with Gasteiger partial charge in [0.15, 0.2) is 5.78 Å². The molecule has 27 heavy (non-hydrogen) atoms. The van der Waals surface area contributed by atoms with Crippen LogP contribution in [-0.4, -0.2) is 41.6 Å². The first-order valence-corrected chi connectivity index (χ1v) is 8.96. The fourth-order valence-corrected chi connectivity index (χ4v) is 3.35. The number of carbonyl (C=O) groups excluding carboxylic acids is 3. The molecule has 6 heteroatoms. The van der Waals surface area contributed by atoms with Gasteiger partial charge in [-0.15, -0.1) is 0 Å². The summed E-state index contributed by atoms with van der Waals surface area (Å²) in [6.07, 6.45) is -0.344. The minimum atomic E-state index is -1.66. The Morgan fingerprint density at radius 3 is 2.33 bits per heavy atom. The number of esters is 2. The van der Waals surface area contributed by atoms with E-state index in [1.807, 2.05) is 6.07 Å². The number of rotatable bonds is 4. The zero-order valence-electron chi connectivity index (χ0n) is 15.7. The zero-order chi connectivity index (χ0) is 20.0. The summed E-state index contributed by atoms with van der Waals surface area (Å²) in [7, 11) is 0. The van der Waals surface area contributed by atoms with Crippen LogP contribution in [0.1, 0.15) is 32.8 Å². The molecule has 6 nitrogen and oxygen atoms in total.